The number of hydrogen-bond acceptors (Lipinski definition) is 5. The molecule has 1 aliphatic rings. The van der Waals surface area contributed by atoms with E-state index < -0.39 is 0 Å². The highest BCUT2D eigenvalue weighted by Gasteiger charge is 2.17. The average molecular weight is 406 g/mol. The Kier molecular flexibility index (Phi) is 6.41. The van der Waals surface area contributed by atoms with E-state index in [9.17, 15) is 4.79 Å². The van der Waals surface area contributed by atoms with Crippen LogP contribution in [0.25, 0.3) is 16.9 Å². The number of rotatable bonds is 8. The van der Waals surface area contributed by atoms with E-state index in [1.165, 1.54) is 0 Å². The number of benzene rings is 2. The fourth-order valence-electron chi connectivity index (χ4n) is 3.48. The van der Waals surface area contributed by atoms with Crippen LogP contribution in [0.5, 0.6) is 5.75 Å². The summed E-state index contributed by atoms with van der Waals surface area (Å²) < 4.78 is 12.7. The summed E-state index contributed by atoms with van der Waals surface area (Å²) in [6, 6.07) is 17.5. The zero-order valence-corrected chi connectivity index (χ0v) is 17.0. The van der Waals surface area contributed by atoms with Crippen molar-refractivity contribution >= 4 is 11.9 Å². The predicted molar refractivity (Wildman–Crippen MR) is 116 cm³/mol. The van der Waals surface area contributed by atoms with Gasteiger partial charge in [0.15, 0.2) is 0 Å². The number of imidazole rings is 1. The van der Waals surface area contributed by atoms with Gasteiger partial charge in [-0.05, 0) is 49.2 Å². The van der Waals surface area contributed by atoms with E-state index in [1.807, 2.05) is 65.4 Å². The van der Waals surface area contributed by atoms with Gasteiger partial charge >= 0.3 is 0 Å². The first-order chi connectivity index (χ1) is 14.7. The van der Waals surface area contributed by atoms with Gasteiger partial charge in [-0.1, -0.05) is 18.2 Å². The van der Waals surface area contributed by atoms with E-state index in [-0.39, 0.29) is 18.6 Å². The van der Waals surface area contributed by atoms with Gasteiger partial charge in [-0.25, -0.2) is 4.98 Å². The van der Waals surface area contributed by atoms with Gasteiger partial charge < -0.3 is 14.8 Å². The summed E-state index contributed by atoms with van der Waals surface area (Å²) in [6.07, 6.45) is 4.25. The van der Waals surface area contributed by atoms with Crippen LogP contribution in [0.2, 0.25) is 0 Å². The van der Waals surface area contributed by atoms with E-state index in [4.69, 9.17) is 9.47 Å². The summed E-state index contributed by atoms with van der Waals surface area (Å²) in [7, 11) is 1.64. The molecule has 0 bridgehead atoms. The van der Waals surface area contributed by atoms with Crippen LogP contribution in [0.1, 0.15) is 12.8 Å². The number of nitrogens with one attached hydrogen (secondary N) is 2. The second-order valence-electron chi connectivity index (χ2n) is 7.20. The molecule has 2 heterocycles. The molecule has 2 N–H and O–H groups in total. The maximum Gasteiger partial charge on any atom is 0.240 e. The Morgan fingerprint density at radius 3 is 2.70 bits per heavy atom. The SMILES string of the molecule is COc1ccc(-c2cn(-c3ccccc3)c(NC(=O)CNCC3CCCO3)n2)cc1. The predicted octanol–water partition coefficient (Wildman–Crippen LogP) is 3.26. The zero-order valence-electron chi connectivity index (χ0n) is 17.0. The highest BCUT2D eigenvalue weighted by Crippen LogP contribution is 2.26. The first-order valence-electron chi connectivity index (χ1n) is 10.1. The minimum atomic E-state index is -0.142. The number of hydrogen-bond donors (Lipinski definition) is 2. The van der Waals surface area contributed by atoms with E-state index in [0.717, 1.165) is 42.1 Å². The first kappa shape index (κ1) is 20.1. The first-order valence-corrected chi connectivity index (χ1v) is 10.1. The van der Waals surface area contributed by atoms with E-state index in [0.29, 0.717) is 12.5 Å². The van der Waals surface area contributed by atoms with Crippen molar-refractivity contribution < 1.29 is 14.3 Å². The van der Waals surface area contributed by atoms with Crippen molar-refractivity contribution in [3.05, 3.63) is 60.8 Å². The molecule has 1 saturated heterocycles. The van der Waals surface area contributed by atoms with Crippen molar-refractivity contribution in [3.8, 4) is 22.7 Å². The molecule has 1 aliphatic heterocycles. The third-order valence-corrected chi connectivity index (χ3v) is 5.06. The van der Waals surface area contributed by atoms with Crippen LogP contribution in [-0.2, 0) is 9.53 Å². The van der Waals surface area contributed by atoms with Gasteiger partial charge in [0.05, 0.1) is 25.5 Å². The monoisotopic (exact) mass is 406 g/mol. The molecule has 1 amide bonds. The quantitative estimate of drug-likeness (QED) is 0.601. The lowest BCUT2D eigenvalue weighted by atomic mass is 10.1. The van der Waals surface area contributed by atoms with Gasteiger partial charge in [0, 0.05) is 30.6 Å². The Bertz CT molecular complexity index is 964. The third kappa shape index (κ3) is 4.87. The number of ether oxygens (including phenoxy) is 2. The number of amides is 1. The summed E-state index contributed by atoms with van der Waals surface area (Å²) in [4.78, 5) is 17.2. The molecule has 30 heavy (non-hydrogen) atoms. The standard InChI is InChI=1S/C23H26N4O3/c1-29-19-11-9-17(10-12-19)21-16-27(18-6-3-2-4-7-18)23(25-21)26-22(28)15-24-14-20-8-5-13-30-20/h2-4,6-7,9-12,16,20,24H,5,8,13-15H2,1H3,(H,25,26,28). The van der Waals surface area contributed by atoms with Crippen LogP contribution in [0.15, 0.2) is 60.8 Å². The molecule has 156 valence electrons. The Hall–Kier alpha value is -3.16. The van der Waals surface area contributed by atoms with Crippen LogP contribution in [0, 0.1) is 0 Å². The van der Waals surface area contributed by atoms with Gasteiger partial charge in [-0.3, -0.25) is 14.7 Å². The smallest absolute Gasteiger partial charge is 0.240 e. The lowest BCUT2D eigenvalue weighted by Gasteiger charge is -2.11. The van der Waals surface area contributed by atoms with Crippen molar-refractivity contribution in [1.82, 2.24) is 14.9 Å². The molecular formula is C23H26N4O3. The number of para-hydroxylation sites is 1. The molecule has 3 aromatic rings. The molecule has 0 aliphatic carbocycles. The van der Waals surface area contributed by atoms with Crippen molar-refractivity contribution in [2.75, 3.05) is 32.1 Å². The molecular weight excluding hydrogens is 380 g/mol. The Labute approximate surface area is 176 Å². The summed E-state index contributed by atoms with van der Waals surface area (Å²) in [5.41, 5.74) is 2.63. The molecule has 2 aromatic carbocycles. The van der Waals surface area contributed by atoms with Crippen LogP contribution < -0.4 is 15.4 Å². The molecule has 1 atom stereocenters. The molecule has 0 saturated carbocycles. The van der Waals surface area contributed by atoms with Gasteiger partial charge in [-0.15, -0.1) is 0 Å². The maximum absolute atomic E-state index is 12.5. The van der Waals surface area contributed by atoms with Crippen LogP contribution >= 0.6 is 0 Å². The summed E-state index contributed by atoms with van der Waals surface area (Å²) in [5, 5.41) is 6.10. The number of nitrogens with zero attached hydrogens (tertiary/aromatic N) is 2. The Balaban J connectivity index is 1.51. The van der Waals surface area contributed by atoms with Crippen LogP contribution in [0.3, 0.4) is 0 Å². The minimum absolute atomic E-state index is 0.142. The lowest BCUT2D eigenvalue weighted by Crippen LogP contribution is -2.34. The van der Waals surface area contributed by atoms with Gasteiger partial charge in [0.2, 0.25) is 11.9 Å². The lowest BCUT2D eigenvalue weighted by molar-refractivity contribution is -0.115. The zero-order chi connectivity index (χ0) is 20.8. The molecule has 4 rings (SSSR count). The largest absolute Gasteiger partial charge is 0.497 e. The van der Waals surface area contributed by atoms with Crippen LogP contribution in [-0.4, -0.2) is 48.4 Å². The molecule has 0 spiro atoms. The summed E-state index contributed by atoms with van der Waals surface area (Å²) in [6.45, 7) is 1.69. The number of carbonyl (C=O) groups excluding carboxylic acids is 1. The molecule has 7 nitrogen and oxygen atoms in total. The second-order valence-corrected chi connectivity index (χ2v) is 7.20. The van der Waals surface area contributed by atoms with Gasteiger partial charge in [0.1, 0.15) is 5.75 Å². The maximum atomic E-state index is 12.5. The normalized spacial score (nSPS) is 15.8. The van der Waals surface area contributed by atoms with Crippen molar-refractivity contribution in [3.63, 3.8) is 0 Å². The molecule has 7 heteroatoms. The second kappa shape index (κ2) is 9.56. The minimum Gasteiger partial charge on any atom is -0.497 e. The average Bonchev–Trinajstić information content (AvgIpc) is 3.45. The summed E-state index contributed by atoms with van der Waals surface area (Å²) >= 11 is 0. The van der Waals surface area contributed by atoms with Gasteiger partial charge in [-0.2, -0.15) is 0 Å². The fourth-order valence-corrected chi connectivity index (χ4v) is 3.48. The fraction of sp³-hybridized carbons (Fsp3) is 0.304. The Morgan fingerprint density at radius 1 is 1.20 bits per heavy atom. The van der Waals surface area contributed by atoms with Crippen molar-refractivity contribution in [1.29, 1.82) is 0 Å². The number of aromatic nitrogens is 2. The molecule has 0 radical (unpaired) electrons. The van der Waals surface area contributed by atoms with Gasteiger partial charge in [0.25, 0.3) is 0 Å². The number of carbonyl (C=O) groups is 1. The highest BCUT2D eigenvalue weighted by molar-refractivity contribution is 5.91. The number of anilines is 1. The Morgan fingerprint density at radius 2 is 2.00 bits per heavy atom. The van der Waals surface area contributed by atoms with Crippen molar-refractivity contribution in [2.24, 2.45) is 0 Å². The third-order valence-electron chi connectivity index (χ3n) is 5.06. The van der Waals surface area contributed by atoms with E-state index in [1.54, 1.807) is 7.11 Å². The molecule has 1 aromatic heterocycles. The van der Waals surface area contributed by atoms with Crippen molar-refractivity contribution in [2.45, 2.75) is 18.9 Å². The topological polar surface area (TPSA) is 77.4 Å². The molecule has 1 fully saturated rings. The molecule has 1 unspecified atom stereocenters. The number of methoxy groups -OCH3 is 1. The van der Waals surface area contributed by atoms with Crippen LogP contribution in [0.4, 0.5) is 5.95 Å². The van der Waals surface area contributed by atoms with E-state index in [2.05, 4.69) is 15.6 Å². The van der Waals surface area contributed by atoms with E-state index >= 15 is 0 Å². The summed E-state index contributed by atoms with van der Waals surface area (Å²) in [5.74, 6) is 1.13. The highest BCUT2D eigenvalue weighted by atomic mass is 16.5.